The van der Waals surface area contributed by atoms with Gasteiger partial charge in [0.25, 0.3) is 0 Å². The number of primary amides is 1. The van der Waals surface area contributed by atoms with Crippen LogP contribution in [0.1, 0.15) is 0 Å². The first-order valence-electron chi connectivity index (χ1n) is 8.27. The molecule has 12 nitrogen and oxygen atoms in total. The minimum Gasteiger partial charge on any atom is -0.397 e. The second kappa shape index (κ2) is 11.2. The molecule has 0 aliphatic heterocycles. The maximum atomic E-state index is 12.2. The van der Waals surface area contributed by atoms with Gasteiger partial charge in [0, 0.05) is 0 Å². The van der Waals surface area contributed by atoms with Gasteiger partial charge in [-0.25, -0.2) is 17.4 Å². The molecule has 0 heterocycles. The number of urea groups is 1. The third-order valence-corrected chi connectivity index (χ3v) is 5.49. The Morgan fingerprint density at radius 3 is 2.26 bits per heavy atom. The third kappa shape index (κ3) is 8.91. The fraction of sp³-hybridized carbons (Fsp3) is 0.118. The molecule has 14 heteroatoms. The van der Waals surface area contributed by atoms with Crippen LogP contribution in [0.3, 0.4) is 0 Å². The first kappa shape index (κ1) is 25.7. The molecule has 2 amide bonds. The molecule has 0 bridgehead atoms. The first-order valence-corrected chi connectivity index (χ1v) is 11.3. The Labute approximate surface area is 179 Å². The smallest absolute Gasteiger partial charge is 0.397 e. The maximum absolute atomic E-state index is 12.2. The van der Waals surface area contributed by atoms with Crippen LogP contribution in [0.2, 0.25) is 0 Å². The van der Waals surface area contributed by atoms with Crippen LogP contribution in [0.5, 0.6) is 0 Å². The minimum absolute atomic E-state index is 0.0350. The molecule has 0 saturated heterocycles. The molecule has 1 aromatic rings. The summed E-state index contributed by atoms with van der Waals surface area (Å²) in [7, 11) is -8.62. The Balaban J connectivity index is 3.14. The Bertz CT molecular complexity index is 1140. The van der Waals surface area contributed by atoms with Crippen molar-refractivity contribution in [3.8, 4) is 0 Å². The molecule has 168 valence electrons. The van der Waals surface area contributed by atoms with Gasteiger partial charge in [-0.2, -0.15) is 13.5 Å². The zero-order valence-corrected chi connectivity index (χ0v) is 17.8. The van der Waals surface area contributed by atoms with Gasteiger partial charge < -0.3 is 16.8 Å². The second-order valence-electron chi connectivity index (χ2n) is 5.58. The third-order valence-electron chi connectivity index (χ3n) is 3.33. The van der Waals surface area contributed by atoms with Gasteiger partial charge in [-0.15, -0.1) is 5.11 Å². The molecule has 0 radical (unpaired) electrons. The normalized spacial score (nSPS) is 13.5. The highest BCUT2D eigenvalue weighted by molar-refractivity contribution is 7.91. The number of allylic oxidation sites excluding steroid dienone is 3. The number of nitrogens with zero attached hydrogens (tertiary/aromatic N) is 2. The molecule has 0 saturated carbocycles. The average molecular weight is 472 g/mol. The van der Waals surface area contributed by atoms with Crippen LogP contribution in [0.4, 0.5) is 10.5 Å². The zero-order chi connectivity index (χ0) is 23.7. The second-order valence-corrected chi connectivity index (χ2v) is 8.78. The van der Waals surface area contributed by atoms with E-state index in [9.17, 15) is 21.6 Å². The topological polar surface area (TPSA) is 204 Å². The van der Waals surface area contributed by atoms with E-state index in [1.165, 1.54) is 42.5 Å². The van der Waals surface area contributed by atoms with Crippen molar-refractivity contribution >= 4 is 32.0 Å². The molecular weight excluding hydrogens is 450 g/mol. The fourth-order valence-corrected chi connectivity index (χ4v) is 3.50. The average Bonchev–Trinajstić information content (AvgIpc) is 2.66. The quantitative estimate of drug-likeness (QED) is 0.211. The maximum Gasteiger partial charge on any atom is 0.397 e. The summed E-state index contributed by atoms with van der Waals surface area (Å²) in [4.78, 5) is 11.0. The van der Waals surface area contributed by atoms with E-state index in [-0.39, 0.29) is 27.7 Å². The van der Waals surface area contributed by atoms with Gasteiger partial charge in [-0.1, -0.05) is 19.2 Å². The lowest BCUT2D eigenvalue weighted by atomic mass is 10.2. The Kier molecular flexibility index (Phi) is 9.26. The molecule has 31 heavy (non-hydrogen) atoms. The van der Waals surface area contributed by atoms with Crippen LogP contribution in [0.25, 0.3) is 0 Å². The predicted molar refractivity (Wildman–Crippen MR) is 113 cm³/mol. The van der Waals surface area contributed by atoms with Crippen LogP contribution >= 0.6 is 0 Å². The summed E-state index contributed by atoms with van der Waals surface area (Å²) in [5.41, 5.74) is 11.5. The summed E-state index contributed by atoms with van der Waals surface area (Å²) >= 11 is 0. The summed E-state index contributed by atoms with van der Waals surface area (Å²) in [6.45, 7) is 6.31. The van der Waals surface area contributed by atoms with Crippen LogP contribution < -0.4 is 16.8 Å². The van der Waals surface area contributed by atoms with E-state index in [1.54, 1.807) is 0 Å². The SMILES string of the molecule is C=C/C=C(/N)C(/N=N/c1ccc(S(=O)(=O)CCOS(=O)(=O)O)cc1)=C(C=C)NC(N)=O. The number of hydrogen-bond donors (Lipinski definition) is 4. The minimum atomic E-state index is -4.74. The van der Waals surface area contributed by atoms with Gasteiger partial charge in [0.15, 0.2) is 9.84 Å². The molecule has 0 spiro atoms. The highest BCUT2D eigenvalue weighted by atomic mass is 32.3. The van der Waals surface area contributed by atoms with E-state index in [0.29, 0.717) is 0 Å². The van der Waals surface area contributed by atoms with Crippen molar-refractivity contribution in [2.75, 3.05) is 12.4 Å². The summed E-state index contributed by atoms with van der Waals surface area (Å²) < 4.78 is 57.8. The summed E-state index contributed by atoms with van der Waals surface area (Å²) in [5.74, 6) is -0.676. The van der Waals surface area contributed by atoms with E-state index in [0.717, 1.165) is 0 Å². The number of rotatable bonds is 11. The van der Waals surface area contributed by atoms with E-state index in [1.807, 2.05) is 0 Å². The number of carbonyl (C=O) groups is 1. The molecule has 0 fully saturated rings. The van der Waals surface area contributed by atoms with E-state index in [2.05, 4.69) is 32.9 Å². The Morgan fingerprint density at radius 1 is 1.16 bits per heavy atom. The van der Waals surface area contributed by atoms with Crippen molar-refractivity contribution in [1.29, 1.82) is 0 Å². The Morgan fingerprint density at radius 2 is 1.77 bits per heavy atom. The van der Waals surface area contributed by atoms with Gasteiger partial charge in [-0.3, -0.25) is 4.55 Å². The highest BCUT2D eigenvalue weighted by Gasteiger charge is 2.16. The van der Waals surface area contributed by atoms with Crippen LogP contribution in [-0.4, -0.2) is 39.8 Å². The lowest BCUT2D eigenvalue weighted by Gasteiger charge is -2.08. The van der Waals surface area contributed by atoms with E-state index >= 15 is 0 Å². The number of nitrogens with two attached hydrogens (primary N) is 2. The number of sulfone groups is 1. The van der Waals surface area contributed by atoms with Gasteiger partial charge in [0.2, 0.25) is 0 Å². The largest absolute Gasteiger partial charge is 0.397 e. The lowest BCUT2D eigenvalue weighted by Crippen LogP contribution is -2.29. The van der Waals surface area contributed by atoms with E-state index in [4.69, 9.17) is 16.0 Å². The van der Waals surface area contributed by atoms with Gasteiger partial charge in [-0.05, 0) is 36.4 Å². The molecule has 0 aliphatic carbocycles. The van der Waals surface area contributed by atoms with Crippen LogP contribution in [-0.2, 0) is 24.4 Å². The molecule has 0 atom stereocenters. The number of hydrogen-bond acceptors (Lipinski definition) is 9. The Hall–Kier alpha value is -3.33. The van der Waals surface area contributed by atoms with Crippen molar-refractivity contribution in [2.24, 2.45) is 21.7 Å². The number of nitrogens with one attached hydrogen (secondary N) is 1. The molecule has 1 aromatic carbocycles. The van der Waals surface area contributed by atoms with Crippen molar-refractivity contribution in [2.45, 2.75) is 4.90 Å². The number of carbonyl (C=O) groups excluding carboxylic acids is 1. The molecule has 0 unspecified atom stereocenters. The number of benzene rings is 1. The monoisotopic (exact) mass is 471 g/mol. The van der Waals surface area contributed by atoms with Crippen molar-refractivity contribution in [3.63, 3.8) is 0 Å². The summed E-state index contributed by atoms with van der Waals surface area (Å²) in [6, 6.07) is 4.24. The molecule has 6 N–H and O–H groups in total. The summed E-state index contributed by atoms with van der Waals surface area (Å²) in [5, 5.41) is 10.2. The van der Waals surface area contributed by atoms with Gasteiger partial charge >= 0.3 is 16.4 Å². The van der Waals surface area contributed by atoms with Gasteiger partial charge in [0.1, 0.15) is 5.70 Å². The molecular formula is C17H21N5O7S2. The first-order chi connectivity index (χ1) is 14.4. The summed E-state index contributed by atoms with van der Waals surface area (Å²) in [6.07, 6.45) is 4.05. The van der Waals surface area contributed by atoms with Crippen LogP contribution in [0.15, 0.2) is 87.9 Å². The predicted octanol–water partition coefficient (Wildman–Crippen LogP) is 1.46. The van der Waals surface area contributed by atoms with E-state index < -0.39 is 38.6 Å². The van der Waals surface area contributed by atoms with Crippen molar-refractivity contribution in [1.82, 2.24) is 5.32 Å². The lowest BCUT2D eigenvalue weighted by molar-refractivity contribution is 0.251. The highest BCUT2D eigenvalue weighted by Crippen LogP contribution is 2.21. The number of amides is 2. The van der Waals surface area contributed by atoms with Gasteiger partial charge in [0.05, 0.1) is 34.3 Å². The standard InChI is InChI=1S/C17H21N5O7S2/c1-3-5-14(18)16(15(4-2)20-17(19)23)22-21-12-6-8-13(9-7-12)30(24,25)11-10-29-31(26,27)28/h3-9H,1-2,10-11,18H2,(H3,19,20,23)(H,26,27,28)/b14-5+,16-15?,22-21+. The molecule has 1 rings (SSSR count). The van der Waals surface area contributed by atoms with Crippen molar-refractivity contribution in [3.05, 3.63) is 72.7 Å². The molecule has 0 aliphatic rings. The fourth-order valence-electron chi connectivity index (χ4n) is 2.01. The number of azo groups is 1. The molecule has 0 aromatic heterocycles. The van der Waals surface area contributed by atoms with Crippen LogP contribution in [0, 0.1) is 0 Å². The zero-order valence-electron chi connectivity index (χ0n) is 16.1. The van der Waals surface area contributed by atoms with Crippen molar-refractivity contribution < 1.29 is 30.4 Å².